The van der Waals surface area contributed by atoms with Crippen molar-refractivity contribution in [1.29, 1.82) is 0 Å². The lowest BCUT2D eigenvalue weighted by Crippen LogP contribution is -2.44. The summed E-state index contributed by atoms with van der Waals surface area (Å²) in [5, 5.41) is 2.69. The number of hydrogen-bond donors (Lipinski definition) is 2. The Labute approximate surface area is 160 Å². The van der Waals surface area contributed by atoms with E-state index in [1.54, 1.807) is 19.1 Å². The normalized spacial score (nSPS) is 12.8. The van der Waals surface area contributed by atoms with Crippen molar-refractivity contribution in [2.24, 2.45) is 5.92 Å². The van der Waals surface area contributed by atoms with Crippen LogP contribution in [0.25, 0.3) is 0 Å². The number of sulfonamides is 1. The van der Waals surface area contributed by atoms with Crippen LogP contribution in [0, 0.1) is 25.6 Å². The van der Waals surface area contributed by atoms with E-state index in [1.165, 1.54) is 30.3 Å². The Balaban J connectivity index is 2.23. The average Bonchev–Trinajstić information content (AvgIpc) is 2.56. The van der Waals surface area contributed by atoms with Crippen molar-refractivity contribution in [2.75, 3.05) is 5.32 Å². The van der Waals surface area contributed by atoms with Crippen molar-refractivity contribution < 1.29 is 17.6 Å². The molecule has 0 aliphatic carbocycles. The molecular weight excluding hydrogens is 367 g/mol. The van der Waals surface area contributed by atoms with Crippen LogP contribution in [0.4, 0.5) is 10.1 Å². The Hall–Kier alpha value is -2.25. The summed E-state index contributed by atoms with van der Waals surface area (Å²) in [5.41, 5.74) is 1.95. The van der Waals surface area contributed by atoms with Crippen LogP contribution in [-0.2, 0) is 14.8 Å². The fraction of sp³-hybridized carbons (Fsp3) is 0.350. The lowest BCUT2D eigenvalue weighted by Gasteiger charge is -2.21. The van der Waals surface area contributed by atoms with E-state index in [-0.39, 0.29) is 10.8 Å². The van der Waals surface area contributed by atoms with Gasteiger partial charge in [0.2, 0.25) is 15.9 Å². The van der Waals surface area contributed by atoms with E-state index >= 15 is 0 Å². The molecule has 2 N–H and O–H groups in total. The Morgan fingerprint density at radius 1 is 1.07 bits per heavy atom. The number of rotatable bonds is 7. The van der Waals surface area contributed by atoms with Crippen molar-refractivity contribution in [1.82, 2.24) is 4.72 Å². The summed E-state index contributed by atoms with van der Waals surface area (Å²) >= 11 is 0. The highest BCUT2D eigenvalue weighted by Crippen LogP contribution is 2.18. The molecule has 7 heteroatoms. The van der Waals surface area contributed by atoms with E-state index in [0.717, 1.165) is 5.56 Å². The van der Waals surface area contributed by atoms with Crippen LogP contribution in [-0.4, -0.2) is 20.4 Å². The Bertz CT molecular complexity index is 909. The highest BCUT2D eigenvalue weighted by atomic mass is 32.2. The molecule has 0 aliphatic heterocycles. The largest absolute Gasteiger partial charge is 0.324 e. The first kappa shape index (κ1) is 21.1. The van der Waals surface area contributed by atoms with Crippen molar-refractivity contribution in [3.63, 3.8) is 0 Å². The van der Waals surface area contributed by atoms with E-state index in [1.807, 2.05) is 20.8 Å². The Morgan fingerprint density at radius 3 is 2.26 bits per heavy atom. The first-order chi connectivity index (χ1) is 12.6. The van der Waals surface area contributed by atoms with Crippen molar-refractivity contribution in [3.8, 4) is 0 Å². The number of halogens is 1. The summed E-state index contributed by atoms with van der Waals surface area (Å²) in [6, 6.07) is 9.49. The molecule has 5 nitrogen and oxygen atoms in total. The first-order valence-corrected chi connectivity index (χ1v) is 10.2. The number of benzene rings is 2. The molecule has 0 spiro atoms. The van der Waals surface area contributed by atoms with Crippen molar-refractivity contribution in [2.45, 2.75) is 45.1 Å². The van der Waals surface area contributed by atoms with Gasteiger partial charge in [-0.3, -0.25) is 4.79 Å². The molecule has 0 fully saturated rings. The van der Waals surface area contributed by atoms with Gasteiger partial charge in [-0.2, -0.15) is 4.72 Å². The summed E-state index contributed by atoms with van der Waals surface area (Å²) in [6.45, 7) is 7.35. The second-order valence-corrected chi connectivity index (χ2v) is 8.78. The maximum absolute atomic E-state index is 13.2. The van der Waals surface area contributed by atoms with Gasteiger partial charge in [0, 0.05) is 5.69 Å². The second-order valence-electron chi connectivity index (χ2n) is 7.06. The van der Waals surface area contributed by atoms with Gasteiger partial charge in [0.05, 0.1) is 4.90 Å². The van der Waals surface area contributed by atoms with E-state index in [0.29, 0.717) is 17.7 Å². The van der Waals surface area contributed by atoms with E-state index in [9.17, 15) is 17.6 Å². The van der Waals surface area contributed by atoms with Crippen LogP contribution < -0.4 is 10.0 Å². The van der Waals surface area contributed by atoms with Gasteiger partial charge in [-0.1, -0.05) is 31.5 Å². The van der Waals surface area contributed by atoms with Crippen LogP contribution in [0.2, 0.25) is 0 Å². The highest BCUT2D eigenvalue weighted by Gasteiger charge is 2.27. The fourth-order valence-electron chi connectivity index (χ4n) is 2.64. The van der Waals surface area contributed by atoms with Crippen molar-refractivity contribution in [3.05, 3.63) is 59.4 Å². The third-order valence-electron chi connectivity index (χ3n) is 4.10. The maximum Gasteiger partial charge on any atom is 0.242 e. The topological polar surface area (TPSA) is 75.3 Å². The molecule has 0 saturated carbocycles. The lowest BCUT2D eigenvalue weighted by molar-refractivity contribution is -0.118. The molecule has 1 unspecified atom stereocenters. The lowest BCUT2D eigenvalue weighted by atomic mass is 10.0. The number of carbonyl (C=O) groups excluding carboxylic acids is 1. The summed E-state index contributed by atoms with van der Waals surface area (Å²) in [6.07, 6.45) is 0.331. The smallest absolute Gasteiger partial charge is 0.242 e. The molecule has 27 heavy (non-hydrogen) atoms. The standard InChI is InChI=1S/C20H25FN2O3S/c1-13(2)11-19(20(24)22-18-10-7-16(21)12-15(18)4)23-27(25,26)17-8-5-14(3)6-9-17/h5-10,12-13,19,23H,11H2,1-4H3,(H,22,24). The molecule has 2 aromatic rings. The number of nitrogens with one attached hydrogen (secondary N) is 2. The van der Waals surface area contributed by atoms with E-state index in [4.69, 9.17) is 0 Å². The number of aryl methyl sites for hydroxylation is 2. The van der Waals surface area contributed by atoms with Gasteiger partial charge in [0.1, 0.15) is 11.9 Å². The van der Waals surface area contributed by atoms with Crippen LogP contribution in [0.5, 0.6) is 0 Å². The van der Waals surface area contributed by atoms with Crippen LogP contribution in [0.1, 0.15) is 31.4 Å². The Kier molecular flexibility index (Phi) is 6.73. The first-order valence-electron chi connectivity index (χ1n) is 8.74. The van der Waals surface area contributed by atoms with Gasteiger partial charge in [-0.15, -0.1) is 0 Å². The molecule has 146 valence electrons. The molecule has 0 heterocycles. The van der Waals surface area contributed by atoms with Crippen LogP contribution >= 0.6 is 0 Å². The van der Waals surface area contributed by atoms with Crippen molar-refractivity contribution >= 4 is 21.6 Å². The van der Waals surface area contributed by atoms with Crippen LogP contribution in [0.15, 0.2) is 47.4 Å². The van der Waals surface area contributed by atoms with Gasteiger partial charge in [0.25, 0.3) is 0 Å². The van der Waals surface area contributed by atoms with Gasteiger partial charge in [-0.05, 0) is 62.1 Å². The predicted molar refractivity (Wildman–Crippen MR) is 105 cm³/mol. The minimum atomic E-state index is -3.85. The van der Waals surface area contributed by atoms with Crippen LogP contribution in [0.3, 0.4) is 0 Å². The Morgan fingerprint density at radius 2 is 1.70 bits per heavy atom. The highest BCUT2D eigenvalue weighted by molar-refractivity contribution is 7.89. The number of amides is 1. The number of anilines is 1. The minimum absolute atomic E-state index is 0.0933. The zero-order chi connectivity index (χ0) is 20.2. The molecule has 0 radical (unpaired) electrons. The predicted octanol–water partition coefficient (Wildman–Crippen LogP) is 3.77. The van der Waals surface area contributed by atoms with Gasteiger partial charge in [0.15, 0.2) is 0 Å². The summed E-state index contributed by atoms with van der Waals surface area (Å²) < 4.78 is 41.1. The average molecular weight is 392 g/mol. The molecule has 0 aromatic heterocycles. The molecular formula is C20H25FN2O3S. The third kappa shape index (κ3) is 5.87. The molecule has 0 saturated heterocycles. The summed E-state index contributed by atoms with van der Waals surface area (Å²) in [7, 11) is -3.85. The monoisotopic (exact) mass is 392 g/mol. The van der Waals surface area contributed by atoms with E-state index in [2.05, 4.69) is 10.0 Å². The third-order valence-corrected chi connectivity index (χ3v) is 5.59. The number of carbonyl (C=O) groups is 1. The zero-order valence-electron chi connectivity index (χ0n) is 15.9. The zero-order valence-corrected chi connectivity index (χ0v) is 16.7. The minimum Gasteiger partial charge on any atom is -0.324 e. The fourth-order valence-corrected chi connectivity index (χ4v) is 3.85. The molecule has 0 aliphatic rings. The molecule has 0 bridgehead atoms. The second kappa shape index (κ2) is 8.63. The molecule has 2 rings (SSSR count). The van der Waals surface area contributed by atoms with Gasteiger partial charge in [-0.25, -0.2) is 12.8 Å². The number of hydrogen-bond acceptors (Lipinski definition) is 3. The maximum atomic E-state index is 13.2. The van der Waals surface area contributed by atoms with Gasteiger partial charge < -0.3 is 5.32 Å². The summed E-state index contributed by atoms with van der Waals surface area (Å²) in [4.78, 5) is 12.8. The van der Waals surface area contributed by atoms with E-state index < -0.39 is 27.8 Å². The molecule has 1 amide bonds. The quantitative estimate of drug-likeness (QED) is 0.753. The van der Waals surface area contributed by atoms with Gasteiger partial charge >= 0.3 is 0 Å². The molecule has 2 aromatic carbocycles. The molecule has 1 atom stereocenters. The summed E-state index contributed by atoms with van der Waals surface area (Å²) in [5.74, 6) is -0.783. The SMILES string of the molecule is Cc1ccc(S(=O)(=O)NC(CC(C)C)C(=O)Nc2ccc(F)cc2C)cc1.